The van der Waals surface area contributed by atoms with Crippen LogP contribution in [0.15, 0.2) is 22.6 Å². The molecule has 1 aromatic rings. The fourth-order valence-electron chi connectivity index (χ4n) is 1.22. The van der Waals surface area contributed by atoms with Crippen LogP contribution in [0, 0.1) is 0 Å². The Hall–Kier alpha value is -0.840. The van der Waals surface area contributed by atoms with Gasteiger partial charge >= 0.3 is 44.5 Å². The predicted octanol–water partition coefficient (Wildman–Crippen LogP) is 7.54. The van der Waals surface area contributed by atoms with E-state index >= 15 is 0 Å². The standard InChI is InChI=1S/C13H21O.F6P/c1-12(2,3)10-8-7-9-11(14-10)13(4,5)6;1-7(2,3,4,5)6/h7-9H,1-6H3;/q+1;-1. The minimum absolute atomic E-state index is 0.0846. The second-order valence-corrected chi connectivity index (χ2v) is 8.73. The molecule has 0 radical (unpaired) electrons. The van der Waals surface area contributed by atoms with Crippen molar-refractivity contribution in [3.63, 3.8) is 0 Å². The van der Waals surface area contributed by atoms with E-state index in [1.165, 1.54) is 0 Å². The van der Waals surface area contributed by atoms with Gasteiger partial charge in [0.05, 0.1) is 10.8 Å². The van der Waals surface area contributed by atoms with E-state index in [0.29, 0.717) is 0 Å². The van der Waals surface area contributed by atoms with E-state index in [4.69, 9.17) is 4.42 Å². The zero-order valence-corrected chi connectivity index (χ0v) is 13.7. The summed E-state index contributed by atoms with van der Waals surface area (Å²) in [7, 11) is -10.7. The van der Waals surface area contributed by atoms with Crippen LogP contribution < -0.4 is 0 Å². The molecule has 1 nitrogen and oxygen atoms in total. The zero-order valence-electron chi connectivity index (χ0n) is 12.9. The Morgan fingerprint density at radius 2 is 0.952 bits per heavy atom. The van der Waals surface area contributed by atoms with Gasteiger partial charge in [-0.15, -0.1) is 0 Å². The number of hydrogen-bond acceptors (Lipinski definition) is 0. The van der Waals surface area contributed by atoms with Crippen molar-refractivity contribution in [2.75, 3.05) is 0 Å². The van der Waals surface area contributed by atoms with Gasteiger partial charge in [0.25, 0.3) is 0 Å². The van der Waals surface area contributed by atoms with Crippen molar-refractivity contribution in [1.82, 2.24) is 0 Å². The molecular weight excluding hydrogens is 317 g/mol. The number of rotatable bonds is 0. The second-order valence-electron chi connectivity index (χ2n) is 6.81. The summed E-state index contributed by atoms with van der Waals surface area (Å²) in [5.74, 6) is 2.09. The monoisotopic (exact) mass is 338 g/mol. The molecule has 0 fully saturated rings. The van der Waals surface area contributed by atoms with E-state index in [1.807, 2.05) is 0 Å². The first-order valence-corrected chi connectivity index (χ1v) is 8.19. The summed E-state index contributed by atoms with van der Waals surface area (Å²) in [6.07, 6.45) is 0. The molecular formula is C13H21F6OP. The van der Waals surface area contributed by atoms with Gasteiger partial charge in [0.15, 0.2) is 0 Å². The number of halogens is 6. The van der Waals surface area contributed by atoms with Crippen LogP contribution >= 0.6 is 7.81 Å². The predicted molar refractivity (Wildman–Crippen MR) is 74.1 cm³/mol. The van der Waals surface area contributed by atoms with Gasteiger partial charge in [-0.1, -0.05) is 0 Å². The Balaban J connectivity index is 0.000000486. The topological polar surface area (TPSA) is 11.3 Å². The summed E-state index contributed by atoms with van der Waals surface area (Å²) in [6.45, 7) is 13.0. The summed E-state index contributed by atoms with van der Waals surface area (Å²) < 4.78 is 65.1. The van der Waals surface area contributed by atoms with Crippen LogP contribution in [0.1, 0.15) is 53.1 Å². The Morgan fingerprint density at radius 3 is 1.14 bits per heavy atom. The summed E-state index contributed by atoms with van der Waals surface area (Å²) in [6, 6.07) is 6.18. The van der Waals surface area contributed by atoms with Crippen LogP contribution in [-0.4, -0.2) is 0 Å². The van der Waals surface area contributed by atoms with Crippen molar-refractivity contribution in [2.24, 2.45) is 0 Å². The fourth-order valence-corrected chi connectivity index (χ4v) is 1.22. The maximum absolute atomic E-state index is 10.7. The van der Waals surface area contributed by atoms with E-state index < -0.39 is 7.81 Å². The fraction of sp³-hybridized carbons (Fsp3) is 0.615. The minimum atomic E-state index is -10.7. The van der Waals surface area contributed by atoms with Gasteiger partial charge in [-0.05, 0) is 47.6 Å². The molecule has 0 spiro atoms. The zero-order chi connectivity index (χ0) is 17.4. The van der Waals surface area contributed by atoms with Gasteiger partial charge in [0.2, 0.25) is 0 Å². The first kappa shape index (κ1) is 20.2. The molecule has 1 rings (SSSR count). The third-order valence-corrected chi connectivity index (χ3v) is 2.19. The van der Waals surface area contributed by atoms with Crippen LogP contribution in [-0.2, 0) is 10.8 Å². The van der Waals surface area contributed by atoms with Gasteiger partial charge in [-0.25, -0.2) is 4.42 Å². The molecule has 8 heteroatoms. The molecule has 21 heavy (non-hydrogen) atoms. The van der Waals surface area contributed by atoms with E-state index in [9.17, 15) is 25.2 Å². The summed E-state index contributed by atoms with van der Waals surface area (Å²) in [5, 5.41) is 0. The molecule has 1 aromatic heterocycles. The van der Waals surface area contributed by atoms with E-state index in [2.05, 4.69) is 59.7 Å². The maximum atomic E-state index is 9.87. The van der Waals surface area contributed by atoms with Crippen molar-refractivity contribution < 1.29 is 29.6 Å². The summed E-state index contributed by atoms with van der Waals surface area (Å²) in [4.78, 5) is 0. The first-order valence-electron chi connectivity index (χ1n) is 6.17. The number of hydrogen-bond donors (Lipinski definition) is 0. The van der Waals surface area contributed by atoms with Gasteiger partial charge in [0, 0.05) is 12.1 Å². The van der Waals surface area contributed by atoms with E-state index in [-0.39, 0.29) is 10.8 Å². The summed E-state index contributed by atoms with van der Waals surface area (Å²) in [5.41, 5.74) is 0.169. The average Bonchev–Trinajstić information content (AvgIpc) is 2.10. The van der Waals surface area contributed by atoms with Gasteiger partial charge < -0.3 is 0 Å². The molecule has 0 saturated heterocycles. The molecule has 0 aromatic carbocycles. The van der Waals surface area contributed by atoms with Crippen LogP contribution in [0.4, 0.5) is 25.2 Å². The Kier molecular flexibility index (Phi) is 4.64. The first-order chi connectivity index (χ1) is 8.66. The average molecular weight is 338 g/mol. The molecule has 0 aliphatic rings. The molecule has 0 unspecified atom stereocenters. The van der Waals surface area contributed by atoms with Crippen molar-refractivity contribution in [3.8, 4) is 0 Å². The Labute approximate surface area is 120 Å². The third kappa shape index (κ3) is 12.6. The van der Waals surface area contributed by atoms with E-state index in [1.54, 1.807) is 0 Å². The molecule has 0 N–H and O–H groups in total. The molecule has 0 saturated carbocycles. The van der Waals surface area contributed by atoms with Crippen LogP contribution in [0.25, 0.3) is 0 Å². The SMILES string of the molecule is CC(C)(C)c1cccc(C(C)(C)C)[o+]1.F[P-](F)(F)(F)(F)F. The third-order valence-electron chi connectivity index (χ3n) is 2.19. The molecule has 126 valence electrons. The van der Waals surface area contributed by atoms with Crippen molar-refractivity contribution in [1.29, 1.82) is 0 Å². The Bertz CT molecular complexity index is 452. The van der Waals surface area contributed by atoms with Crippen LogP contribution in [0.5, 0.6) is 0 Å². The van der Waals surface area contributed by atoms with Crippen molar-refractivity contribution in [2.45, 2.75) is 52.4 Å². The van der Waals surface area contributed by atoms with E-state index in [0.717, 1.165) is 11.5 Å². The Morgan fingerprint density at radius 1 is 0.714 bits per heavy atom. The van der Waals surface area contributed by atoms with Crippen LogP contribution in [0.2, 0.25) is 0 Å². The van der Waals surface area contributed by atoms with Crippen molar-refractivity contribution in [3.05, 3.63) is 29.7 Å². The quantitative estimate of drug-likeness (QED) is 0.270. The molecule has 0 aliphatic heterocycles. The second kappa shape index (κ2) is 4.83. The molecule has 1 heterocycles. The van der Waals surface area contributed by atoms with Crippen molar-refractivity contribution >= 4 is 7.81 Å². The van der Waals surface area contributed by atoms with Gasteiger partial charge in [-0.3, -0.25) is 0 Å². The molecule has 0 aliphatic carbocycles. The van der Waals surface area contributed by atoms with Gasteiger partial charge in [0.1, 0.15) is 0 Å². The normalized spacial score (nSPS) is 16.4. The molecule has 0 amide bonds. The summed E-state index contributed by atoms with van der Waals surface area (Å²) >= 11 is 0. The van der Waals surface area contributed by atoms with Gasteiger partial charge in [-0.2, -0.15) is 0 Å². The molecule has 0 bridgehead atoms. The van der Waals surface area contributed by atoms with Crippen LogP contribution in [0.3, 0.4) is 0 Å². The molecule has 0 atom stereocenters.